The highest BCUT2D eigenvalue weighted by Gasteiger charge is 2.39. The molecule has 0 saturated carbocycles. The summed E-state index contributed by atoms with van der Waals surface area (Å²) >= 11 is 0. The van der Waals surface area contributed by atoms with E-state index in [0.717, 1.165) is 19.3 Å². The number of rotatable bonds is 8. The van der Waals surface area contributed by atoms with Crippen molar-refractivity contribution in [3.05, 3.63) is 35.9 Å². The Balaban J connectivity index is 2.85. The lowest BCUT2D eigenvalue weighted by Crippen LogP contribution is -2.52. The summed E-state index contributed by atoms with van der Waals surface area (Å²) in [5.41, 5.74) is -0.814. The van der Waals surface area contributed by atoms with Gasteiger partial charge in [-0.1, -0.05) is 50.1 Å². The average Bonchev–Trinajstić information content (AvgIpc) is 2.40. The number of nitrogens with one attached hydrogen (secondary N) is 1. The maximum absolute atomic E-state index is 11.5. The highest BCUT2D eigenvalue weighted by atomic mass is 16.4. The Morgan fingerprint density at radius 2 is 1.94 bits per heavy atom. The molecule has 0 fully saturated rings. The molecule has 1 unspecified atom stereocenters. The van der Waals surface area contributed by atoms with Crippen molar-refractivity contribution in [1.29, 1.82) is 0 Å². The number of hydrogen-bond acceptors (Lipinski definition) is 3. The van der Waals surface area contributed by atoms with Crippen molar-refractivity contribution in [2.75, 3.05) is 13.2 Å². The molecule has 0 bridgehead atoms. The molecule has 0 aliphatic heterocycles. The Kier molecular flexibility index (Phi) is 5.82. The molecule has 1 aromatic carbocycles. The Labute approximate surface area is 108 Å². The van der Waals surface area contributed by atoms with Crippen LogP contribution in [0.15, 0.2) is 30.3 Å². The third-order valence-electron chi connectivity index (χ3n) is 3.08. The summed E-state index contributed by atoms with van der Waals surface area (Å²) in [4.78, 5) is 11.5. The summed E-state index contributed by atoms with van der Waals surface area (Å²) in [6, 6.07) is 8.81. The zero-order valence-corrected chi connectivity index (χ0v) is 10.7. The number of carboxylic acids is 1. The zero-order valence-electron chi connectivity index (χ0n) is 10.7. The quantitative estimate of drug-likeness (QED) is 0.615. The van der Waals surface area contributed by atoms with Gasteiger partial charge in [0.15, 0.2) is 5.54 Å². The second-order valence-electron chi connectivity index (χ2n) is 4.37. The van der Waals surface area contributed by atoms with Gasteiger partial charge in [-0.15, -0.1) is 0 Å². The van der Waals surface area contributed by atoms with E-state index in [2.05, 4.69) is 12.2 Å². The van der Waals surface area contributed by atoms with Crippen LogP contribution in [-0.4, -0.2) is 29.3 Å². The van der Waals surface area contributed by atoms with E-state index in [1.165, 1.54) is 0 Å². The van der Waals surface area contributed by atoms with E-state index in [1.54, 1.807) is 24.3 Å². The number of benzene rings is 1. The van der Waals surface area contributed by atoms with E-state index in [0.29, 0.717) is 12.1 Å². The molecule has 1 atom stereocenters. The fourth-order valence-corrected chi connectivity index (χ4v) is 1.92. The molecule has 4 nitrogen and oxygen atoms in total. The van der Waals surface area contributed by atoms with Crippen LogP contribution in [0.5, 0.6) is 0 Å². The fourth-order valence-electron chi connectivity index (χ4n) is 1.92. The van der Waals surface area contributed by atoms with Crippen LogP contribution in [0.4, 0.5) is 0 Å². The second kappa shape index (κ2) is 7.13. The molecular weight excluding hydrogens is 230 g/mol. The third kappa shape index (κ3) is 3.31. The van der Waals surface area contributed by atoms with Gasteiger partial charge in [-0.3, -0.25) is 5.32 Å². The lowest BCUT2D eigenvalue weighted by atomic mass is 9.90. The minimum Gasteiger partial charge on any atom is -0.480 e. The molecule has 0 saturated heterocycles. The number of aliphatic hydroxyl groups excluding tert-OH is 1. The van der Waals surface area contributed by atoms with E-state index >= 15 is 0 Å². The van der Waals surface area contributed by atoms with Gasteiger partial charge in [0.2, 0.25) is 0 Å². The average molecular weight is 251 g/mol. The molecule has 100 valence electrons. The highest BCUT2D eigenvalue weighted by Crippen LogP contribution is 2.21. The monoisotopic (exact) mass is 251 g/mol. The summed E-state index contributed by atoms with van der Waals surface area (Å²) in [6.45, 7) is 2.21. The Hall–Kier alpha value is -1.39. The maximum Gasteiger partial charge on any atom is 0.330 e. The van der Waals surface area contributed by atoms with Gasteiger partial charge >= 0.3 is 5.97 Å². The third-order valence-corrected chi connectivity index (χ3v) is 3.08. The van der Waals surface area contributed by atoms with Gasteiger partial charge in [-0.25, -0.2) is 4.79 Å². The first-order chi connectivity index (χ1) is 8.67. The summed E-state index contributed by atoms with van der Waals surface area (Å²) in [5, 5.41) is 21.9. The summed E-state index contributed by atoms with van der Waals surface area (Å²) < 4.78 is 0. The lowest BCUT2D eigenvalue weighted by molar-refractivity contribution is -0.147. The molecule has 4 heteroatoms. The van der Waals surface area contributed by atoms with Crippen LogP contribution in [-0.2, 0) is 10.3 Å². The molecule has 1 aromatic rings. The lowest BCUT2D eigenvalue weighted by Gasteiger charge is -2.29. The molecule has 0 aliphatic carbocycles. The Bertz CT molecular complexity index is 367. The molecular formula is C14H21NO3. The first kappa shape index (κ1) is 14.7. The van der Waals surface area contributed by atoms with Crippen LogP contribution in [0, 0.1) is 0 Å². The molecule has 0 amide bonds. The largest absolute Gasteiger partial charge is 0.480 e. The number of hydrogen-bond donors (Lipinski definition) is 3. The van der Waals surface area contributed by atoms with Crippen LogP contribution in [0.25, 0.3) is 0 Å². The molecule has 3 N–H and O–H groups in total. The van der Waals surface area contributed by atoms with Crippen molar-refractivity contribution in [2.24, 2.45) is 0 Å². The minimum atomic E-state index is -1.39. The number of aliphatic hydroxyl groups is 1. The highest BCUT2D eigenvalue weighted by molar-refractivity contribution is 5.81. The van der Waals surface area contributed by atoms with Crippen LogP contribution >= 0.6 is 0 Å². The van der Waals surface area contributed by atoms with Crippen LogP contribution < -0.4 is 5.32 Å². The van der Waals surface area contributed by atoms with E-state index in [-0.39, 0.29) is 0 Å². The van der Waals surface area contributed by atoms with Crippen molar-refractivity contribution in [2.45, 2.75) is 31.7 Å². The van der Waals surface area contributed by atoms with Crippen molar-refractivity contribution in [1.82, 2.24) is 5.32 Å². The standard InChI is InChI=1S/C14H21NO3/c1-2-3-7-10-15-14(11-16,13(17)18)12-8-5-4-6-9-12/h4-6,8-9,15-16H,2-3,7,10-11H2,1H3,(H,17,18). The first-order valence-electron chi connectivity index (χ1n) is 6.32. The van der Waals surface area contributed by atoms with Crippen molar-refractivity contribution < 1.29 is 15.0 Å². The van der Waals surface area contributed by atoms with Gasteiger partial charge in [-0.05, 0) is 18.5 Å². The Morgan fingerprint density at radius 1 is 1.28 bits per heavy atom. The minimum absolute atomic E-state index is 0.460. The van der Waals surface area contributed by atoms with Crippen LogP contribution in [0.3, 0.4) is 0 Å². The molecule has 0 aliphatic rings. The van der Waals surface area contributed by atoms with E-state index < -0.39 is 18.1 Å². The molecule has 0 aromatic heterocycles. The normalized spacial score (nSPS) is 14.1. The maximum atomic E-state index is 11.5. The van der Waals surface area contributed by atoms with Crippen LogP contribution in [0.1, 0.15) is 31.7 Å². The molecule has 18 heavy (non-hydrogen) atoms. The SMILES string of the molecule is CCCCCNC(CO)(C(=O)O)c1ccccc1. The molecule has 1 rings (SSSR count). The van der Waals surface area contributed by atoms with E-state index in [9.17, 15) is 15.0 Å². The summed E-state index contributed by atoms with van der Waals surface area (Å²) in [6.07, 6.45) is 3.02. The van der Waals surface area contributed by atoms with Gasteiger partial charge in [0, 0.05) is 0 Å². The first-order valence-corrected chi connectivity index (χ1v) is 6.32. The smallest absolute Gasteiger partial charge is 0.330 e. The number of aliphatic carboxylic acids is 1. The van der Waals surface area contributed by atoms with Crippen LogP contribution in [0.2, 0.25) is 0 Å². The van der Waals surface area contributed by atoms with Gasteiger partial charge in [0.25, 0.3) is 0 Å². The second-order valence-corrected chi connectivity index (χ2v) is 4.37. The molecule has 0 spiro atoms. The predicted octanol–water partition coefficient (Wildman–Crippen LogP) is 1.74. The molecule has 0 radical (unpaired) electrons. The van der Waals surface area contributed by atoms with E-state index in [1.807, 2.05) is 6.07 Å². The summed E-state index contributed by atoms with van der Waals surface area (Å²) in [5.74, 6) is -1.05. The van der Waals surface area contributed by atoms with Gasteiger partial charge in [0.05, 0.1) is 6.61 Å². The van der Waals surface area contributed by atoms with Crippen molar-refractivity contribution >= 4 is 5.97 Å². The van der Waals surface area contributed by atoms with Gasteiger partial charge in [-0.2, -0.15) is 0 Å². The van der Waals surface area contributed by atoms with Crippen molar-refractivity contribution in [3.8, 4) is 0 Å². The fraction of sp³-hybridized carbons (Fsp3) is 0.500. The topological polar surface area (TPSA) is 69.6 Å². The zero-order chi connectivity index (χ0) is 13.4. The number of unbranched alkanes of at least 4 members (excludes halogenated alkanes) is 2. The summed E-state index contributed by atoms with van der Waals surface area (Å²) in [7, 11) is 0. The van der Waals surface area contributed by atoms with E-state index in [4.69, 9.17) is 0 Å². The van der Waals surface area contributed by atoms with Gasteiger partial charge < -0.3 is 10.2 Å². The number of carbonyl (C=O) groups is 1. The predicted molar refractivity (Wildman–Crippen MR) is 70.4 cm³/mol. The molecule has 0 heterocycles. The van der Waals surface area contributed by atoms with Crippen molar-refractivity contribution in [3.63, 3.8) is 0 Å². The number of carboxylic acid groups (broad SMARTS) is 1. The van der Waals surface area contributed by atoms with Gasteiger partial charge in [0.1, 0.15) is 0 Å². The Morgan fingerprint density at radius 3 is 2.44 bits per heavy atom.